The molecule has 0 aliphatic carbocycles. The fraction of sp³-hybridized carbons (Fsp3) is 0.344. The summed E-state index contributed by atoms with van der Waals surface area (Å²) in [6.07, 6.45) is 1.11. The highest BCUT2D eigenvalue weighted by molar-refractivity contribution is 5.79. The van der Waals surface area contributed by atoms with E-state index in [1.807, 2.05) is 79.4 Å². The second-order valence-corrected chi connectivity index (χ2v) is 10.8. The zero-order chi connectivity index (χ0) is 27.3. The molecule has 0 fully saturated rings. The summed E-state index contributed by atoms with van der Waals surface area (Å²) in [5, 5.41) is 0.536. The fourth-order valence-electron chi connectivity index (χ4n) is 4.66. The number of ether oxygens (including phenoxy) is 1. The van der Waals surface area contributed by atoms with Gasteiger partial charge in [-0.2, -0.15) is 0 Å². The van der Waals surface area contributed by atoms with Crippen molar-refractivity contribution in [1.29, 1.82) is 0 Å². The van der Waals surface area contributed by atoms with Crippen LogP contribution in [0.1, 0.15) is 58.5 Å². The lowest BCUT2D eigenvalue weighted by Crippen LogP contribution is -2.40. The van der Waals surface area contributed by atoms with E-state index in [1.54, 1.807) is 10.6 Å². The average molecular weight is 512 g/mol. The molecule has 0 saturated carbocycles. The van der Waals surface area contributed by atoms with Crippen LogP contribution in [-0.2, 0) is 11.2 Å². The maximum Gasteiger partial charge on any atom is 0.266 e. The van der Waals surface area contributed by atoms with Crippen LogP contribution in [0.15, 0.2) is 83.7 Å². The van der Waals surface area contributed by atoms with Crippen molar-refractivity contribution in [2.24, 2.45) is 5.41 Å². The van der Waals surface area contributed by atoms with Gasteiger partial charge in [0.25, 0.3) is 5.56 Å². The lowest BCUT2D eigenvalue weighted by molar-refractivity contribution is -0.135. The molecule has 198 valence electrons. The van der Waals surface area contributed by atoms with Crippen molar-refractivity contribution in [3.05, 3.63) is 101 Å². The van der Waals surface area contributed by atoms with Gasteiger partial charge in [0.05, 0.1) is 29.2 Å². The van der Waals surface area contributed by atoms with E-state index in [0.717, 1.165) is 11.3 Å². The first kappa shape index (κ1) is 27.1. The quantitative estimate of drug-likeness (QED) is 0.263. The molecular formula is C32H37N3O3. The number of benzene rings is 3. The summed E-state index contributed by atoms with van der Waals surface area (Å²) in [6, 6.07) is 24.5. The van der Waals surface area contributed by atoms with Crippen molar-refractivity contribution < 1.29 is 9.53 Å². The molecule has 1 aromatic heterocycles. The van der Waals surface area contributed by atoms with Gasteiger partial charge in [0.1, 0.15) is 11.6 Å². The van der Waals surface area contributed by atoms with E-state index in [0.29, 0.717) is 48.4 Å². The fourth-order valence-corrected chi connectivity index (χ4v) is 4.66. The van der Waals surface area contributed by atoms with Gasteiger partial charge in [0.2, 0.25) is 5.91 Å². The van der Waals surface area contributed by atoms with E-state index in [9.17, 15) is 9.59 Å². The Hall–Kier alpha value is -3.93. The minimum atomic E-state index is -0.433. The van der Waals surface area contributed by atoms with Crippen LogP contribution in [0.5, 0.6) is 5.75 Å². The number of nitrogens with zero attached hydrogens (tertiary/aromatic N) is 3. The lowest BCUT2D eigenvalue weighted by Gasteiger charge is -2.33. The smallest absolute Gasteiger partial charge is 0.266 e. The molecule has 38 heavy (non-hydrogen) atoms. The summed E-state index contributed by atoms with van der Waals surface area (Å²) in [4.78, 5) is 34.4. The molecule has 3 aromatic carbocycles. The van der Waals surface area contributed by atoms with Crippen molar-refractivity contribution in [2.75, 3.05) is 13.2 Å². The van der Waals surface area contributed by atoms with Gasteiger partial charge in [-0.25, -0.2) is 4.98 Å². The van der Waals surface area contributed by atoms with Crippen LogP contribution < -0.4 is 10.3 Å². The Morgan fingerprint density at radius 2 is 1.63 bits per heavy atom. The molecular weight excluding hydrogens is 474 g/mol. The van der Waals surface area contributed by atoms with E-state index in [1.165, 1.54) is 0 Å². The van der Waals surface area contributed by atoms with Crippen LogP contribution in [-0.4, -0.2) is 33.5 Å². The number of amides is 1. The SMILES string of the molecule is CCOc1ccc(-n2c(C(C)N(CCc3ccccc3)C(=O)CC(C)(C)C)nc3ccccc3c2=O)cc1. The summed E-state index contributed by atoms with van der Waals surface area (Å²) in [5.74, 6) is 1.31. The topological polar surface area (TPSA) is 64.4 Å². The predicted molar refractivity (Wildman–Crippen MR) is 153 cm³/mol. The minimum absolute atomic E-state index is 0.0431. The Morgan fingerprint density at radius 1 is 0.974 bits per heavy atom. The van der Waals surface area contributed by atoms with Crippen molar-refractivity contribution in [3.63, 3.8) is 0 Å². The van der Waals surface area contributed by atoms with Crippen molar-refractivity contribution in [1.82, 2.24) is 14.5 Å². The maximum absolute atomic E-state index is 13.9. The predicted octanol–water partition coefficient (Wildman–Crippen LogP) is 6.35. The van der Waals surface area contributed by atoms with Gasteiger partial charge in [0, 0.05) is 13.0 Å². The number of aromatic nitrogens is 2. The first-order chi connectivity index (χ1) is 18.2. The van der Waals surface area contributed by atoms with E-state index in [-0.39, 0.29) is 16.9 Å². The van der Waals surface area contributed by atoms with Gasteiger partial charge in [-0.05, 0) is 67.6 Å². The molecule has 6 nitrogen and oxygen atoms in total. The summed E-state index contributed by atoms with van der Waals surface area (Å²) in [6.45, 7) is 11.2. The van der Waals surface area contributed by atoms with Crippen LogP contribution >= 0.6 is 0 Å². The van der Waals surface area contributed by atoms with Crippen molar-refractivity contribution in [3.8, 4) is 11.4 Å². The normalized spacial score (nSPS) is 12.3. The van der Waals surface area contributed by atoms with Crippen LogP contribution in [0, 0.1) is 5.41 Å². The second kappa shape index (κ2) is 11.6. The van der Waals surface area contributed by atoms with Gasteiger partial charge in [-0.15, -0.1) is 0 Å². The molecule has 1 unspecified atom stereocenters. The molecule has 0 saturated heterocycles. The Labute approximate surface area is 224 Å². The molecule has 0 radical (unpaired) electrons. The summed E-state index contributed by atoms with van der Waals surface area (Å²) >= 11 is 0. The van der Waals surface area contributed by atoms with E-state index in [4.69, 9.17) is 9.72 Å². The largest absolute Gasteiger partial charge is 0.494 e. The standard InChI is InChI=1S/C32H37N3O3/c1-6-38-26-18-16-25(17-19-26)35-30(33-28-15-11-10-14-27(28)31(35)37)23(2)34(29(36)22-32(3,4)5)21-20-24-12-8-7-9-13-24/h7-19,23H,6,20-22H2,1-5H3. The zero-order valence-electron chi connectivity index (χ0n) is 23.0. The van der Waals surface area contributed by atoms with E-state index in [2.05, 4.69) is 32.9 Å². The first-order valence-corrected chi connectivity index (χ1v) is 13.3. The molecule has 0 aliphatic rings. The van der Waals surface area contributed by atoms with Crippen LogP contribution in [0.2, 0.25) is 0 Å². The summed E-state index contributed by atoms with van der Waals surface area (Å²) in [7, 11) is 0. The molecule has 0 bridgehead atoms. The number of para-hydroxylation sites is 1. The zero-order valence-corrected chi connectivity index (χ0v) is 23.0. The van der Waals surface area contributed by atoms with Gasteiger partial charge in [-0.1, -0.05) is 63.2 Å². The van der Waals surface area contributed by atoms with Crippen molar-refractivity contribution in [2.45, 2.75) is 53.5 Å². The maximum atomic E-state index is 13.9. The number of hydrogen-bond acceptors (Lipinski definition) is 4. The molecule has 1 atom stereocenters. The van der Waals surface area contributed by atoms with Gasteiger partial charge < -0.3 is 9.64 Å². The molecule has 4 aromatic rings. The summed E-state index contributed by atoms with van der Waals surface area (Å²) in [5.41, 5.74) is 2.13. The molecule has 1 amide bonds. The van der Waals surface area contributed by atoms with Gasteiger partial charge >= 0.3 is 0 Å². The number of rotatable bonds is 9. The van der Waals surface area contributed by atoms with Gasteiger partial charge in [0.15, 0.2) is 0 Å². The highest BCUT2D eigenvalue weighted by Crippen LogP contribution is 2.28. The van der Waals surface area contributed by atoms with Crippen LogP contribution in [0.3, 0.4) is 0 Å². The molecule has 1 heterocycles. The van der Waals surface area contributed by atoms with Gasteiger partial charge in [-0.3, -0.25) is 14.2 Å². The number of fused-ring (bicyclic) bond motifs is 1. The first-order valence-electron chi connectivity index (χ1n) is 13.3. The third-order valence-electron chi connectivity index (χ3n) is 6.53. The Kier molecular flexibility index (Phi) is 8.30. The highest BCUT2D eigenvalue weighted by atomic mass is 16.5. The molecule has 0 aliphatic heterocycles. The van der Waals surface area contributed by atoms with E-state index >= 15 is 0 Å². The third-order valence-corrected chi connectivity index (χ3v) is 6.53. The number of carbonyl (C=O) groups excluding carboxylic acids is 1. The Morgan fingerprint density at radius 3 is 2.29 bits per heavy atom. The Bertz CT molecular complexity index is 1440. The molecule has 0 N–H and O–H groups in total. The average Bonchev–Trinajstić information content (AvgIpc) is 2.89. The lowest BCUT2D eigenvalue weighted by atomic mass is 9.91. The third kappa shape index (κ3) is 6.31. The number of hydrogen-bond donors (Lipinski definition) is 0. The monoisotopic (exact) mass is 511 g/mol. The molecule has 4 rings (SSSR count). The van der Waals surface area contributed by atoms with Crippen molar-refractivity contribution >= 4 is 16.8 Å². The summed E-state index contributed by atoms with van der Waals surface area (Å²) < 4.78 is 7.25. The Balaban J connectivity index is 1.82. The second-order valence-electron chi connectivity index (χ2n) is 10.8. The minimum Gasteiger partial charge on any atom is -0.494 e. The molecule has 0 spiro atoms. The molecule has 6 heteroatoms. The van der Waals surface area contributed by atoms with E-state index < -0.39 is 6.04 Å². The highest BCUT2D eigenvalue weighted by Gasteiger charge is 2.29. The number of carbonyl (C=O) groups is 1. The van der Waals surface area contributed by atoms with Crippen LogP contribution in [0.25, 0.3) is 16.6 Å². The van der Waals surface area contributed by atoms with Crippen LogP contribution in [0.4, 0.5) is 0 Å².